The van der Waals surface area contributed by atoms with E-state index in [1.807, 2.05) is 27.8 Å². The number of carbonyl (C=O) groups excluding carboxylic acids is 1. The number of carbonyl (C=O) groups is 1. The first kappa shape index (κ1) is 20.0. The van der Waals surface area contributed by atoms with Gasteiger partial charge in [0.2, 0.25) is 0 Å². The van der Waals surface area contributed by atoms with Gasteiger partial charge in [-0.1, -0.05) is 30.3 Å². The highest BCUT2D eigenvalue weighted by Gasteiger charge is 2.24. The summed E-state index contributed by atoms with van der Waals surface area (Å²) < 4.78 is 7.07. The second-order valence-corrected chi connectivity index (χ2v) is 6.60. The van der Waals surface area contributed by atoms with Crippen molar-refractivity contribution in [2.75, 3.05) is 26.2 Å². The third-order valence-electron chi connectivity index (χ3n) is 4.82. The first-order valence-corrected chi connectivity index (χ1v) is 9.14. The maximum absolute atomic E-state index is 12.3. The molecule has 9 heteroatoms. The molecule has 1 aliphatic rings. The number of aryl methyl sites for hydroxylation is 2. The number of amides is 1. The van der Waals surface area contributed by atoms with Crippen molar-refractivity contribution in [1.82, 2.24) is 30.0 Å². The van der Waals surface area contributed by atoms with E-state index in [2.05, 4.69) is 32.6 Å². The van der Waals surface area contributed by atoms with Gasteiger partial charge in [0.1, 0.15) is 0 Å². The van der Waals surface area contributed by atoms with E-state index in [9.17, 15) is 4.79 Å². The van der Waals surface area contributed by atoms with Crippen LogP contribution >= 0.6 is 12.4 Å². The van der Waals surface area contributed by atoms with E-state index >= 15 is 0 Å². The fourth-order valence-corrected chi connectivity index (χ4v) is 3.26. The lowest BCUT2D eigenvalue weighted by atomic mass is 10.1. The molecule has 0 atom stereocenters. The van der Waals surface area contributed by atoms with Crippen molar-refractivity contribution in [1.29, 1.82) is 0 Å². The van der Waals surface area contributed by atoms with Crippen molar-refractivity contribution in [3.05, 3.63) is 65.9 Å². The van der Waals surface area contributed by atoms with Crippen molar-refractivity contribution >= 4 is 18.3 Å². The Morgan fingerprint density at radius 3 is 2.54 bits per heavy atom. The zero-order valence-corrected chi connectivity index (χ0v) is 16.3. The Kier molecular flexibility index (Phi) is 6.78. The van der Waals surface area contributed by atoms with Gasteiger partial charge in [0.15, 0.2) is 11.6 Å². The maximum Gasteiger partial charge on any atom is 0.289 e. The Morgan fingerprint density at radius 2 is 1.82 bits per heavy atom. The predicted octanol–water partition coefficient (Wildman–Crippen LogP) is 1.89. The summed E-state index contributed by atoms with van der Waals surface area (Å²) in [6, 6.07) is 13.8. The van der Waals surface area contributed by atoms with Crippen LogP contribution in [-0.4, -0.2) is 62.1 Å². The molecule has 2 aromatic heterocycles. The molecule has 0 saturated carbocycles. The van der Waals surface area contributed by atoms with Crippen LogP contribution in [0.1, 0.15) is 21.9 Å². The molecule has 148 valence electrons. The average Bonchev–Trinajstić information content (AvgIpc) is 3.40. The van der Waals surface area contributed by atoms with Gasteiger partial charge in [-0.05, 0) is 34.5 Å². The molecular weight excluding hydrogens is 380 g/mol. The van der Waals surface area contributed by atoms with Crippen LogP contribution in [0.4, 0.5) is 0 Å². The van der Waals surface area contributed by atoms with Gasteiger partial charge in [0.05, 0.1) is 12.8 Å². The van der Waals surface area contributed by atoms with Gasteiger partial charge >= 0.3 is 0 Å². The summed E-state index contributed by atoms with van der Waals surface area (Å²) in [6.45, 7) is 4.36. The van der Waals surface area contributed by atoms with Gasteiger partial charge in [-0.2, -0.15) is 0 Å². The SMILES string of the molecule is Cl.O=C(c1ccco1)N1CCN(Cc2nnnn2CCc2ccccc2)CC1. The molecule has 1 aliphatic heterocycles. The second-order valence-electron chi connectivity index (χ2n) is 6.60. The number of furan rings is 1. The van der Waals surface area contributed by atoms with E-state index < -0.39 is 0 Å². The van der Waals surface area contributed by atoms with Crippen LogP contribution in [0.15, 0.2) is 53.1 Å². The maximum atomic E-state index is 12.3. The van der Waals surface area contributed by atoms with Gasteiger partial charge in [0.25, 0.3) is 5.91 Å². The minimum absolute atomic E-state index is 0. The molecule has 0 unspecified atom stereocenters. The fraction of sp³-hybridized carbons (Fsp3) is 0.368. The van der Waals surface area contributed by atoms with Crippen LogP contribution in [0.25, 0.3) is 0 Å². The summed E-state index contributed by atoms with van der Waals surface area (Å²) >= 11 is 0. The number of rotatable bonds is 6. The monoisotopic (exact) mass is 402 g/mol. The fourth-order valence-electron chi connectivity index (χ4n) is 3.26. The Morgan fingerprint density at radius 1 is 1.04 bits per heavy atom. The van der Waals surface area contributed by atoms with E-state index in [0.29, 0.717) is 25.4 Å². The zero-order valence-electron chi connectivity index (χ0n) is 15.5. The van der Waals surface area contributed by atoms with Gasteiger partial charge in [-0.15, -0.1) is 17.5 Å². The highest BCUT2D eigenvalue weighted by Crippen LogP contribution is 2.11. The summed E-state index contributed by atoms with van der Waals surface area (Å²) in [5.74, 6) is 1.21. The Hall–Kier alpha value is -2.71. The number of tetrazole rings is 1. The number of benzene rings is 1. The number of hydrogen-bond donors (Lipinski definition) is 0. The lowest BCUT2D eigenvalue weighted by molar-refractivity contribution is 0.0593. The Bertz CT molecular complexity index is 860. The molecule has 1 fully saturated rings. The first-order chi connectivity index (χ1) is 13.3. The lowest BCUT2D eigenvalue weighted by Crippen LogP contribution is -2.48. The number of piperazine rings is 1. The van der Waals surface area contributed by atoms with Crippen LogP contribution < -0.4 is 0 Å². The molecular formula is C19H23ClN6O2. The molecule has 0 aliphatic carbocycles. The van der Waals surface area contributed by atoms with Crippen LogP contribution in [0.3, 0.4) is 0 Å². The Labute approximate surface area is 169 Å². The third kappa shape index (κ3) is 4.76. The quantitative estimate of drug-likeness (QED) is 0.626. The van der Waals surface area contributed by atoms with Crippen LogP contribution in [-0.2, 0) is 19.5 Å². The summed E-state index contributed by atoms with van der Waals surface area (Å²) in [5.41, 5.74) is 1.27. The minimum Gasteiger partial charge on any atom is -0.459 e. The molecule has 1 aromatic carbocycles. The lowest BCUT2D eigenvalue weighted by Gasteiger charge is -2.33. The van der Waals surface area contributed by atoms with Crippen molar-refractivity contribution in [2.45, 2.75) is 19.5 Å². The molecule has 0 radical (unpaired) electrons. The Balaban J connectivity index is 0.00000225. The highest BCUT2D eigenvalue weighted by molar-refractivity contribution is 5.91. The summed E-state index contributed by atoms with van der Waals surface area (Å²) in [7, 11) is 0. The second kappa shape index (κ2) is 9.48. The van der Waals surface area contributed by atoms with E-state index in [0.717, 1.165) is 31.9 Å². The summed E-state index contributed by atoms with van der Waals surface area (Å²) in [5, 5.41) is 12.1. The van der Waals surface area contributed by atoms with Crippen LogP contribution in [0, 0.1) is 0 Å². The van der Waals surface area contributed by atoms with E-state index in [-0.39, 0.29) is 18.3 Å². The first-order valence-electron chi connectivity index (χ1n) is 9.14. The van der Waals surface area contributed by atoms with Gasteiger partial charge < -0.3 is 9.32 Å². The molecule has 1 amide bonds. The average molecular weight is 403 g/mol. The number of aromatic nitrogens is 4. The van der Waals surface area contributed by atoms with E-state index in [1.54, 1.807) is 12.1 Å². The molecule has 0 bridgehead atoms. The number of nitrogens with zero attached hydrogens (tertiary/aromatic N) is 6. The van der Waals surface area contributed by atoms with Crippen molar-refractivity contribution < 1.29 is 9.21 Å². The topological polar surface area (TPSA) is 80.3 Å². The molecule has 28 heavy (non-hydrogen) atoms. The predicted molar refractivity (Wildman–Crippen MR) is 105 cm³/mol. The summed E-state index contributed by atoms with van der Waals surface area (Å²) in [6.07, 6.45) is 2.42. The molecule has 3 heterocycles. The van der Waals surface area contributed by atoms with E-state index in [4.69, 9.17) is 4.42 Å². The van der Waals surface area contributed by atoms with Crippen molar-refractivity contribution in [3.63, 3.8) is 0 Å². The molecule has 0 spiro atoms. The van der Waals surface area contributed by atoms with Crippen LogP contribution in [0.5, 0.6) is 0 Å². The van der Waals surface area contributed by atoms with E-state index in [1.165, 1.54) is 11.8 Å². The number of hydrogen-bond acceptors (Lipinski definition) is 6. The molecule has 0 N–H and O–H groups in total. The largest absolute Gasteiger partial charge is 0.459 e. The smallest absolute Gasteiger partial charge is 0.289 e. The van der Waals surface area contributed by atoms with Gasteiger partial charge in [-0.25, -0.2) is 4.68 Å². The van der Waals surface area contributed by atoms with Gasteiger partial charge in [0, 0.05) is 32.7 Å². The molecule has 8 nitrogen and oxygen atoms in total. The minimum atomic E-state index is -0.0488. The standard InChI is InChI=1S/C19H22N6O2.ClH/c26-19(17-7-4-14-27-17)24-12-10-23(11-13-24)15-18-20-21-22-25(18)9-8-16-5-2-1-3-6-16;/h1-7,14H,8-13,15H2;1H. The van der Waals surface area contributed by atoms with Crippen LogP contribution in [0.2, 0.25) is 0 Å². The van der Waals surface area contributed by atoms with Crippen molar-refractivity contribution in [2.24, 2.45) is 0 Å². The van der Waals surface area contributed by atoms with Gasteiger partial charge in [-0.3, -0.25) is 9.69 Å². The normalized spacial score (nSPS) is 14.6. The molecule has 3 aromatic rings. The van der Waals surface area contributed by atoms with Crippen molar-refractivity contribution in [3.8, 4) is 0 Å². The summed E-state index contributed by atoms with van der Waals surface area (Å²) in [4.78, 5) is 16.4. The molecule has 1 saturated heterocycles. The zero-order chi connectivity index (χ0) is 18.5. The highest BCUT2D eigenvalue weighted by atomic mass is 35.5. The molecule has 4 rings (SSSR count). The number of halogens is 1. The third-order valence-corrected chi connectivity index (χ3v) is 4.82.